The quantitative estimate of drug-likeness (QED) is 0.704. The van der Waals surface area contributed by atoms with Crippen molar-refractivity contribution >= 4 is 40.3 Å². The molecule has 0 aliphatic carbocycles. The second kappa shape index (κ2) is 5.11. The standard InChI is InChI=1S/C13H11ClN2O2S/c14-11-8(6-10-12(17)16-13(18)19-10)5-7-3-1-2-4-9(7)15-11/h1-6,12-13,16-18H/b10-6-. The van der Waals surface area contributed by atoms with Gasteiger partial charge in [-0.15, -0.1) is 0 Å². The summed E-state index contributed by atoms with van der Waals surface area (Å²) in [5.74, 6) is 0. The lowest BCUT2D eigenvalue weighted by atomic mass is 10.1. The Morgan fingerprint density at radius 1 is 1.32 bits per heavy atom. The van der Waals surface area contributed by atoms with Gasteiger partial charge in [0.05, 0.1) is 5.52 Å². The van der Waals surface area contributed by atoms with Crippen molar-refractivity contribution < 1.29 is 10.2 Å². The van der Waals surface area contributed by atoms with Gasteiger partial charge < -0.3 is 10.2 Å². The number of rotatable bonds is 1. The number of hydrogen-bond acceptors (Lipinski definition) is 5. The Hall–Kier alpha value is -1.11. The molecule has 1 aromatic heterocycles. The second-order valence-corrected chi connectivity index (χ2v) is 5.66. The maximum absolute atomic E-state index is 9.70. The molecule has 1 aromatic carbocycles. The van der Waals surface area contributed by atoms with E-state index in [1.54, 1.807) is 6.08 Å². The number of aliphatic hydroxyl groups is 2. The lowest BCUT2D eigenvalue weighted by Gasteiger charge is -2.05. The fourth-order valence-electron chi connectivity index (χ4n) is 1.92. The minimum absolute atomic E-state index is 0.375. The van der Waals surface area contributed by atoms with E-state index >= 15 is 0 Å². The number of nitrogens with one attached hydrogen (secondary N) is 1. The number of aromatic nitrogens is 1. The minimum atomic E-state index is -0.873. The Labute approximate surface area is 119 Å². The molecule has 0 bridgehead atoms. The summed E-state index contributed by atoms with van der Waals surface area (Å²) in [6.07, 6.45) is 0.864. The molecular weight excluding hydrogens is 284 g/mol. The molecule has 0 radical (unpaired) electrons. The highest BCUT2D eigenvalue weighted by atomic mass is 35.5. The number of para-hydroxylation sites is 1. The summed E-state index contributed by atoms with van der Waals surface area (Å²) in [7, 11) is 0. The third kappa shape index (κ3) is 2.61. The Morgan fingerprint density at radius 3 is 2.84 bits per heavy atom. The molecule has 98 valence electrons. The van der Waals surface area contributed by atoms with Crippen LogP contribution in [0, 0.1) is 0 Å². The number of thioether (sulfide) groups is 1. The average molecular weight is 295 g/mol. The predicted octanol–water partition coefficient (Wildman–Crippen LogP) is 2.16. The molecule has 4 nitrogen and oxygen atoms in total. The van der Waals surface area contributed by atoms with E-state index in [9.17, 15) is 10.2 Å². The topological polar surface area (TPSA) is 65.4 Å². The summed E-state index contributed by atoms with van der Waals surface area (Å²) in [6.45, 7) is 0. The molecule has 1 saturated heterocycles. The van der Waals surface area contributed by atoms with Crippen LogP contribution in [0.3, 0.4) is 0 Å². The summed E-state index contributed by atoms with van der Waals surface area (Å²) in [6, 6.07) is 9.59. The number of fused-ring (bicyclic) bond motifs is 1. The van der Waals surface area contributed by atoms with E-state index in [0.29, 0.717) is 10.1 Å². The smallest absolute Gasteiger partial charge is 0.159 e. The van der Waals surface area contributed by atoms with Gasteiger partial charge >= 0.3 is 0 Å². The van der Waals surface area contributed by atoms with Crippen molar-refractivity contribution in [2.24, 2.45) is 0 Å². The maximum Gasteiger partial charge on any atom is 0.159 e. The highest BCUT2D eigenvalue weighted by molar-refractivity contribution is 8.03. The Bertz CT molecular complexity index is 662. The molecule has 3 N–H and O–H groups in total. The van der Waals surface area contributed by atoms with E-state index in [1.165, 1.54) is 0 Å². The van der Waals surface area contributed by atoms with Crippen molar-refractivity contribution in [3.05, 3.63) is 46.0 Å². The summed E-state index contributed by atoms with van der Waals surface area (Å²) in [5.41, 5.74) is 0.749. The summed E-state index contributed by atoms with van der Waals surface area (Å²) in [4.78, 5) is 4.93. The largest absolute Gasteiger partial charge is 0.374 e. The van der Waals surface area contributed by atoms with Crippen molar-refractivity contribution in [2.45, 2.75) is 11.8 Å². The van der Waals surface area contributed by atoms with Crippen molar-refractivity contribution in [1.82, 2.24) is 10.3 Å². The number of pyridine rings is 1. The van der Waals surface area contributed by atoms with Gasteiger partial charge in [-0.3, -0.25) is 5.32 Å². The zero-order chi connectivity index (χ0) is 13.4. The van der Waals surface area contributed by atoms with Crippen LogP contribution in [0.4, 0.5) is 0 Å². The Kier molecular flexibility index (Phi) is 3.47. The molecule has 2 aromatic rings. The van der Waals surface area contributed by atoms with Crippen LogP contribution in [0.5, 0.6) is 0 Å². The number of nitrogens with zero attached hydrogens (tertiary/aromatic N) is 1. The third-order valence-electron chi connectivity index (χ3n) is 2.82. The highest BCUT2D eigenvalue weighted by Crippen LogP contribution is 2.32. The van der Waals surface area contributed by atoms with Crippen LogP contribution in [0.1, 0.15) is 5.56 Å². The van der Waals surface area contributed by atoms with Crippen LogP contribution in [0.2, 0.25) is 5.15 Å². The minimum Gasteiger partial charge on any atom is -0.374 e. The molecule has 0 spiro atoms. The molecular formula is C13H11ClN2O2S. The molecule has 2 atom stereocenters. The second-order valence-electron chi connectivity index (χ2n) is 4.15. The number of benzene rings is 1. The van der Waals surface area contributed by atoms with Gasteiger partial charge in [0.25, 0.3) is 0 Å². The number of halogens is 1. The lowest BCUT2D eigenvalue weighted by molar-refractivity contribution is 0.127. The van der Waals surface area contributed by atoms with Gasteiger partial charge in [0.15, 0.2) is 5.56 Å². The first-order chi connectivity index (χ1) is 9.13. The van der Waals surface area contributed by atoms with Crippen LogP contribution in [-0.2, 0) is 0 Å². The summed E-state index contributed by atoms with van der Waals surface area (Å²) >= 11 is 7.29. The van der Waals surface area contributed by atoms with E-state index in [-0.39, 0.29) is 0 Å². The van der Waals surface area contributed by atoms with E-state index in [4.69, 9.17) is 11.6 Å². The zero-order valence-electron chi connectivity index (χ0n) is 9.75. The van der Waals surface area contributed by atoms with E-state index < -0.39 is 11.8 Å². The molecule has 2 unspecified atom stereocenters. The van der Waals surface area contributed by atoms with Crippen molar-refractivity contribution in [1.29, 1.82) is 0 Å². The van der Waals surface area contributed by atoms with Crippen LogP contribution in [0.25, 0.3) is 17.0 Å². The first-order valence-electron chi connectivity index (χ1n) is 5.69. The monoisotopic (exact) mass is 294 g/mol. The first kappa shape index (κ1) is 12.9. The van der Waals surface area contributed by atoms with Gasteiger partial charge in [0.2, 0.25) is 0 Å². The fourth-order valence-corrected chi connectivity index (χ4v) is 2.97. The molecule has 0 saturated carbocycles. The molecule has 3 rings (SSSR count). The molecule has 2 heterocycles. The third-order valence-corrected chi connectivity index (χ3v) is 4.10. The van der Waals surface area contributed by atoms with Crippen LogP contribution in [0.15, 0.2) is 35.2 Å². The van der Waals surface area contributed by atoms with Gasteiger partial charge in [-0.05, 0) is 18.2 Å². The van der Waals surface area contributed by atoms with Crippen molar-refractivity contribution in [3.8, 4) is 0 Å². The molecule has 1 aliphatic rings. The van der Waals surface area contributed by atoms with Gasteiger partial charge in [-0.25, -0.2) is 4.98 Å². The zero-order valence-corrected chi connectivity index (χ0v) is 11.3. The first-order valence-corrected chi connectivity index (χ1v) is 6.95. The van der Waals surface area contributed by atoms with Gasteiger partial charge in [-0.2, -0.15) is 0 Å². The van der Waals surface area contributed by atoms with Crippen LogP contribution in [-0.4, -0.2) is 27.0 Å². The van der Waals surface area contributed by atoms with Crippen LogP contribution < -0.4 is 5.32 Å². The molecule has 0 amide bonds. The van der Waals surface area contributed by atoms with E-state index in [0.717, 1.165) is 28.2 Å². The highest BCUT2D eigenvalue weighted by Gasteiger charge is 2.25. The van der Waals surface area contributed by atoms with Crippen LogP contribution >= 0.6 is 23.4 Å². The molecule has 1 fully saturated rings. The number of hydrogen-bond donors (Lipinski definition) is 3. The van der Waals surface area contributed by atoms with Gasteiger partial charge in [0.1, 0.15) is 11.4 Å². The van der Waals surface area contributed by atoms with Crippen molar-refractivity contribution in [3.63, 3.8) is 0 Å². The average Bonchev–Trinajstić information content (AvgIpc) is 2.69. The van der Waals surface area contributed by atoms with Gasteiger partial charge in [-0.1, -0.05) is 41.6 Å². The SMILES string of the molecule is OC1NC(O)/C(=C/c2cc3ccccc3nc2Cl)S1. The Balaban J connectivity index is 2.05. The summed E-state index contributed by atoms with van der Waals surface area (Å²) < 4.78 is 0. The predicted molar refractivity (Wildman–Crippen MR) is 77.5 cm³/mol. The summed E-state index contributed by atoms with van der Waals surface area (Å²) in [5, 5.41) is 23.0. The van der Waals surface area contributed by atoms with E-state index in [2.05, 4.69) is 10.3 Å². The molecule has 6 heteroatoms. The lowest BCUT2D eigenvalue weighted by Crippen LogP contribution is -2.28. The normalized spacial score (nSPS) is 25.3. The maximum atomic E-state index is 9.70. The van der Waals surface area contributed by atoms with E-state index in [1.807, 2.05) is 30.3 Å². The van der Waals surface area contributed by atoms with Crippen molar-refractivity contribution in [2.75, 3.05) is 0 Å². The number of aliphatic hydroxyl groups excluding tert-OH is 2. The molecule has 19 heavy (non-hydrogen) atoms. The Morgan fingerprint density at radius 2 is 2.11 bits per heavy atom. The molecule has 1 aliphatic heterocycles. The fraction of sp³-hybridized carbons (Fsp3) is 0.154. The van der Waals surface area contributed by atoms with Gasteiger partial charge in [0, 0.05) is 15.9 Å².